The Labute approximate surface area is 201 Å². The van der Waals surface area contributed by atoms with Crippen LogP contribution in [-0.4, -0.2) is 74.7 Å². The van der Waals surface area contributed by atoms with Gasteiger partial charge in [0.15, 0.2) is 0 Å². The summed E-state index contributed by atoms with van der Waals surface area (Å²) in [5, 5.41) is 0. The molecule has 6 unspecified atom stereocenters. The summed E-state index contributed by atoms with van der Waals surface area (Å²) in [6, 6.07) is 0. The van der Waals surface area contributed by atoms with Crippen molar-refractivity contribution in [2.75, 3.05) is 40.0 Å². The predicted molar refractivity (Wildman–Crippen MR) is 121 cm³/mol. The average molecular weight is 576 g/mol. The molecule has 0 spiro atoms. The molecular formula is C9H36Al2O12P6. The second-order valence-electron chi connectivity index (χ2n) is 2.95. The molecule has 29 heavy (non-hydrogen) atoms. The monoisotopic (exact) mass is 576 g/mol. The molecule has 0 saturated heterocycles. The fraction of sp³-hybridized carbons (Fsp3) is 1.00. The molecule has 0 aliphatic carbocycles. The Bertz CT molecular complexity index is 283. The molecule has 0 bridgehead atoms. The van der Waals surface area contributed by atoms with E-state index in [1.165, 1.54) is 0 Å². The molecule has 0 aliphatic rings. The van der Waals surface area contributed by atoms with Crippen LogP contribution in [0.1, 0.15) is 22.3 Å². The van der Waals surface area contributed by atoms with Crippen LogP contribution in [0, 0.1) is 0 Å². The van der Waals surface area contributed by atoms with Gasteiger partial charge in [-0.3, -0.25) is 0 Å². The van der Waals surface area contributed by atoms with Gasteiger partial charge in [-0.2, -0.15) is 0 Å². The van der Waals surface area contributed by atoms with E-state index in [-0.39, 0.29) is 57.0 Å². The van der Waals surface area contributed by atoms with Gasteiger partial charge in [0.2, 0.25) is 0 Å². The van der Waals surface area contributed by atoms with Crippen molar-refractivity contribution in [3.63, 3.8) is 0 Å². The fourth-order valence-corrected chi connectivity index (χ4v) is 0. The molecule has 0 N–H and O–H groups in total. The van der Waals surface area contributed by atoms with Gasteiger partial charge in [0, 0.05) is 0 Å². The molecule has 0 amide bonds. The summed E-state index contributed by atoms with van der Waals surface area (Å²) in [5.41, 5.74) is 0. The Balaban J connectivity index is -0.0000000144. The Morgan fingerprint density at radius 3 is 0.345 bits per heavy atom. The van der Waals surface area contributed by atoms with Crippen LogP contribution in [0.5, 0.6) is 0 Å². The van der Waals surface area contributed by atoms with Crippen molar-refractivity contribution >= 4 is 82.9 Å². The fourth-order valence-electron chi connectivity index (χ4n) is 0. The minimum Gasteiger partial charge on any atom is -0.802 e. The van der Waals surface area contributed by atoms with Gasteiger partial charge in [0.05, 0.1) is 0 Å². The third-order valence-corrected chi connectivity index (χ3v) is 0. The van der Waals surface area contributed by atoms with E-state index >= 15 is 0 Å². The number of rotatable bonds is 0. The molecule has 0 aromatic rings. The first-order valence-electron chi connectivity index (χ1n) is 5.45. The maximum Gasteiger partial charge on any atom is 3.00 e. The summed E-state index contributed by atoms with van der Waals surface area (Å²) in [4.78, 5) is 54.4. The van der Waals surface area contributed by atoms with E-state index in [4.69, 9.17) is 56.8 Å². The van der Waals surface area contributed by atoms with E-state index < -0.39 is 48.2 Å². The molecule has 180 valence electrons. The quantitative estimate of drug-likeness (QED) is 0.222. The van der Waals surface area contributed by atoms with E-state index in [1.54, 1.807) is 0 Å². The van der Waals surface area contributed by atoms with Crippen molar-refractivity contribution in [1.29, 1.82) is 0 Å². The summed E-state index contributed by atoms with van der Waals surface area (Å²) in [7, 11) is -14.3. The second kappa shape index (κ2) is 63.1. The minimum atomic E-state index is -2.38. The Kier molecular flexibility index (Phi) is 152. The number of hydrogen-bond donors (Lipinski definition) is 0. The van der Waals surface area contributed by atoms with Gasteiger partial charge >= 0.3 is 34.7 Å². The van der Waals surface area contributed by atoms with Crippen molar-refractivity contribution in [3.8, 4) is 0 Å². The first-order valence-corrected chi connectivity index (χ1v) is 16.3. The van der Waals surface area contributed by atoms with Gasteiger partial charge < -0.3 is 56.8 Å². The van der Waals surface area contributed by atoms with Crippen LogP contribution < -0.4 is 29.4 Å². The molecule has 20 heteroatoms. The molecule has 6 atom stereocenters. The van der Waals surface area contributed by atoms with Crippen LogP contribution in [0.3, 0.4) is 0 Å². The molecule has 0 fully saturated rings. The van der Waals surface area contributed by atoms with Crippen LogP contribution in [0.25, 0.3) is 0 Å². The zero-order valence-electron chi connectivity index (χ0n) is 15.1. The molecule has 0 radical (unpaired) electrons. The first-order chi connectivity index (χ1) is 10.4. The van der Waals surface area contributed by atoms with Crippen LogP contribution >= 0.6 is 48.2 Å². The third-order valence-electron chi connectivity index (χ3n) is 0. The minimum absolute atomic E-state index is 0. The molecular weight excluding hydrogens is 540 g/mol. The maximum atomic E-state index is 9.07. The van der Waals surface area contributed by atoms with Crippen molar-refractivity contribution in [3.05, 3.63) is 0 Å². The molecule has 0 heterocycles. The molecule has 0 saturated carbocycles. The van der Waals surface area contributed by atoms with Gasteiger partial charge in [-0.15, -0.1) is 0 Å². The summed E-state index contributed by atoms with van der Waals surface area (Å²) in [5.74, 6) is 0. The van der Waals surface area contributed by atoms with Crippen molar-refractivity contribution < 1.29 is 56.8 Å². The smallest absolute Gasteiger partial charge is 0.802 e. The Morgan fingerprint density at radius 1 is 0.345 bits per heavy atom. The molecule has 0 aromatic carbocycles. The Hall–Kier alpha value is 2.20. The second-order valence-corrected chi connectivity index (χ2v) is 8.85. The maximum absolute atomic E-state index is 9.07. The summed E-state index contributed by atoms with van der Waals surface area (Å²) in [6.07, 6.45) is 0. The molecule has 12 nitrogen and oxygen atoms in total. The molecule has 0 rings (SSSR count). The van der Waals surface area contributed by atoms with E-state index in [2.05, 4.69) is 0 Å². The standard InChI is InChI=1S/6CH5O2P.3CH4.2Al/c6*1-4(2)3;;;;;/h6*4H,1H3,(H,2,3);3*1H4;;/q;;;;;;;;;2*+3/p-6. The zero-order chi connectivity index (χ0) is 21.5. The van der Waals surface area contributed by atoms with Gasteiger partial charge in [0.25, 0.3) is 0 Å². The average Bonchev–Trinajstić information content (AvgIpc) is 2.08. The SMILES string of the molecule is C.C.C.C[PH](=O)[O-].C[PH](=O)[O-].C[PH](=O)[O-].C[PH](=O)[O-].C[PH](=O)[O-].C[PH](=O)[O-].[Al+3].[Al+3]. The van der Waals surface area contributed by atoms with E-state index in [0.29, 0.717) is 0 Å². The van der Waals surface area contributed by atoms with Gasteiger partial charge in [-0.1, -0.05) is 22.3 Å². The van der Waals surface area contributed by atoms with Gasteiger partial charge in [0.1, 0.15) is 0 Å². The van der Waals surface area contributed by atoms with Gasteiger partial charge in [-0.05, 0) is 88.2 Å². The van der Waals surface area contributed by atoms with E-state index in [9.17, 15) is 0 Å². The first kappa shape index (κ1) is 69.7. The van der Waals surface area contributed by atoms with Crippen molar-refractivity contribution in [2.45, 2.75) is 22.3 Å². The topological polar surface area (TPSA) is 241 Å². The normalized spacial score (nSPS) is 12.8. The largest absolute Gasteiger partial charge is 3.00 e. The third kappa shape index (κ3) is 4940. The van der Waals surface area contributed by atoms with Crippen LogP contribution in [0.15, 0.2) is 0 Å². The van der Waals surface area contributed by atoms with E-state index in [1.807, 2.05) is 0 Å². The summed E-state index contributed by atoms with van der Waals surface area (Å²) >= 11 is 0. The van der Waals surface area contributed by atoms with Crippen LogP contribution in [0.4, 0.5) is 0 Å². The summed E-state index contributed by atoms with van der Waals surface area (Å²) < 4.78 is 54.4. The van der Waals surface area contributed by atoms with Crippen LogP contribution in [0.2, 0.25) is 0 Å². The zero-order valence-corrected chi connectivity index (χ0v) is 23.4. The van der Waals surface area contributed by atoms with Gasteiger partial charge in [-0.25, -0.2) is 0 Å². The van der Waals surface area contributed by atoms with Crippen LogP contribution in [-0.2, 0) is 27.4 Å². The number of hydrogen-bond acceptors (Lipinski definition) is 12. The summed E-state index contributed by atoms with van der Waals surface area (Å²) in [6.45, 7) is 6.94. The predicted octanol–water partition coefficient (Wildman–Crippen LogP) is -2.15. The Morgan fingerprint density at radius 2 is 0.345 bits per heavy atom. The van der Waals surface area contributed by atoms with E-state index in [0.717, 1.165) is 40.0 Å². The molecule has 0 aliphatic heterocycles. The molecule has 0 aromatic heterocycles. The van der Waals surface area contributed by atoms with Crippen molar-refractivity contribution in [2.24, 2.45) is 0 Å². The van der Waals surface area contributed by atoms with Crippen molar-refractivity contribution in [1.82, 2.24) is 0 Å².